The van der Waals surface area contributed by atoms with Gasteiger partial charge in [0.2, 0.25) is 0 Å². The monoisotopic (exact) mass is 402 g/mol. The summed E-state index contributed by atoms with van der Waals surface area (Å²) in [5.74, 6) is 0.530. The van der Waals surface area contributed by atoms with Crippen LogP contribution < -0.4 is 9.47 Å². The lowest BCUT2D eigenvalue weighted by Gasteiger charge is -2.12. The number of thiophene rings is 1. The van der Waals surface area contributed by atoms with Crippen molar-refractivity contribution < 1.29 is 18.3 Å². The fourth-order valence-electron chi connectivity index (χ4n) is 3.45. The Morgan fingerprint density at radius 2 is 1.50 bits per heavy atom. The predicted octanol–water partition coefficient (Wildman–Crippen LogP) is 7.10. The van der Waals surface area contributed by atoms with E-state index in [0.29, 0.717) is 45.2 Å². The molecule has 5 heteroatoms. The van der Waals surface area contributed by atoms with Crippen molar-refractivity contribution in [2.75, 3.05) is 13.2 Å². The smallest absolute Gasteiger partial charge is 0.182 e. The first kappa shape index (κ1) is 19.2. The van der Waals surface area contributed by atoms with Crippen molar-refractivity contribution in [1.82, 2.24) is 0 Å². The minimum absolute atomic E-state index is 0.227. The zero-order valence-corrected chi connectivity index (χ0v) is 17.0. The molecule has 0 bridgehead atoms. The minimum atomic E-state index is -0.415. The van der Waals surface area contributed by atoms with E-state index in [1.54, 1.807) is 12.1 Å². The van der Waals surface area contributed by atoms with E-state index in [9.17, 15) is 4.39 Å². The quantitative estimate of drug-likeness (QED) is 0.392. The number of rotatable bonds is 7. The number of allylic oxidation sites excluding steroid dienone is 2. The molecule has 0 amide bonds. The Kier molecular flexibility index (Phi) is 5.54. The van der Waals surface area contributed by atoms with Gasteiger partial charge in [0.15, 0.2) is 23.1 Å². The van der Waals surface area contributed by atoms with Crippen LogP contribution in [0.1, 0.15) is 33.1 Å². The average molecular weight is 403 g/mol. The molecular weight excluding hydrogens is 378 g/mol. The highest BCUT2D eigenvalue weighted by Crippen LogP contribution is 2.41. The zero-order valence-electron chi connectivity index (χ0n) is 16.1. The van der Waals surface area contributed by atoms with Crippen molar-refractivity contribution in [2.45, 2.75) is 33.1 Å². The number of hydrogen-bond acceptors (Lipinski definition) is 3. The van der Waals surface area contributed by atoms with E-state index < -0.39 is 11.6 Å². The molecule has 0 N–H and O–H groups in total. The Morgan fingerprint density at radius 1 is 0.929 bits per heavy atom. The second-order valence-corrected chi connectivity index (χ2v) is 8.78. The van der Waals surface area contributed by atoms with Gasteiger partial charge in [-0.15, -0.1) is 11.3 Å². The van der Waals surface area contributed by atoms with Crippen molar-refractivity contribution in [3.63, 3.8) is 0 Å². The molecule has 0 fully saturated rings. The largest absolute Gasteiger partial charge is 0.490 e. The summed E-state index contributed by atoms with van der Waals surface area (Å²) in [5, 5.41) is 1.42. The van der Waals surface area contributed by atoms with Gasteiger partial charge in [0.25, 0.3) is 0 Å². The molecule has 3 aromatic rings. The summed E-state index contributed by atoms with van der Waals surface area (Å²) < 4.78 is 42.1. The minimum Gasteiger partial charge on any atom is -0.490 e. The molecule has 0 aliphatic heterocycles. The highest BCUT2D eigenvalue weighted by atomic mass is 32.1. The summed E-state index contributed by atoms with van der Waals surface area (Å²) in [6.45, 7) is 5.15. The van der Waals surface area contributed by atoms with Gasteiger partial charge in [-0.3, -0.25) is 0 Å². The molecule has 0 saturated carbocycles. The van der Waals surface area contributed by atoms with E-state index in [4.69, 9.17) is 9.47 Å². The predicted molar refractivity (Wildman–Crippen MR) is 112 cm³/mol. The number of halogens is 2. The van der Waals surface area contributed by atoms with Crippen LogP contribution in [-0.2, 0) is 0 Å². The van der Waals surface area contributed by atoms with Gasteiger partial charge in [-0.05, 0) is 55.4 Å². The molecule has 0 saturated heterocycles. The number of fused-ring (bicyclic) bond motifs is 3. The van der Waals surface area contributed by atoms with Gasteiger partial charge in [0, 0.05) is 10.8 Å². The van der Waals surface area contributed by atoms with Gasteiger partial charge in [-0.1, -0.05) is 26.0 Å². The van der Waals surface area contributed by atoms with E-state index in [0.717, 1.165) is 30.6 Å². The van der Waals surface area contributed by atoms with Crippen LogP contribution in [0.2, 0.25) is 0 Å². The molecule has 1 aliphatic rings. The van der Waals surface area contributed by atoms with Crippen molar-refractivity contribution >= 4 is 31.5 Å². The second kappa shape index (κ2) is 8.08. The standard InChI is InChI=1S/C23H24F2O2S/c1-14(2)11-12-26-18-9-7-16-17-8-10-19(27-13-15-5-3-4-6-15)21(25)23(17)28-22(16)20(18)24/h3-4,7-10,14-15H,5-6,11-13H2,1-2H3. The summed E-state index contributed by atoms with van der Waals surface area (Å²) in [4.78, 5) is 0. The van der Waals surface area contributed by atoms with Crippen LogP contribution in [0.25, 0.3) is 20.2 Å². The summed E-state index contributed by atoms with van der Waals surface area (Å²) >= 11 is 1.12. The van der Waals surface area contributed by atoms with Crippen LogP contribution >= 0.6 is 11.3 Å². The molecule has 2 nitrogen and oxygen atoms in total. The lowest BCUT2D eigenvalue weighted by molar-refractivity contribution is 0.247. The molecule has 28 heavy (non-hydrogen) atoms. The third-order valence-corrected chi connectivity index (χ3v) is 6.36. The number of hydrogen-bond donors (Lipinski definition) is 0. The molecule has 4 rings (SSSR count). The van der Waals surface area contributed by atoms with E-state index in [2.05, 4.69) is 26.0 Å². The summed E-state index contributed by atoms with van der Waals surface area (Å²) in [5.41, 5.74) is 0. The van der Waals surface area contributed by atoms with Gasteiger partial charge >= 0.3 is 0 Å². The van der Waals surface area contributed by atoms with Crippen LogP contribution in [0.4, 0.5) is 8.78 Å². The Morgan fingerprint density at radius 3 is 2.07 bits per heavy atom. The zero-order chi connectivity index (χ0) is 19.7. The molecule has 1 heterocycles. The normalized spacial score (nSPS) is 14.6. The van der Waals surface area contributed by atoms with Gasteiger partial charge in [0.05, 0.1) is 22.6 Å². The lowest BCUT2D eigenvalue weighted by Crippen LogP contribution is -2.09. The fraction of sp³-hybridized carbons (Fsp3) is 0.391. The highest BCUT2D eigenvalue weighted by molar-refractivity contribution is 7.25. The summed E-state index contributed by atoms with van der Waals surface area (Å²) in [6.07, 6.45) is 7.05. The van der Waals surface area contributed by atoms with Crippen LogP contribution in [0.15, 0.2) is 36.4 Å². The molecule has 0 radical (unpaired) electrons. The first-order valence-corrected chi connectivity index (χ1v) is 10.6. The maximum absolute atomic E-state index is 15.0. The molecule has 2 aromatic carbocycles. The Balaban J connectivity index is 1.62. The van der Waals surface area contributed by atoms with E-state index in [1.807, 2.05) is 12.1 Å². The van der Waals surface area contributed by atoms with E-state index in [-0.39, 0.29) is 11.5 Å². The molecule has 0 atom stereocenters. The van der Waals surface area contributed by atoms with E-state index in [1.165, 1.54) is 0 Å². The van der Waals surface area contributed by atoms with Crippen molar-refractivity contribution in [1.29, 1.82) is 0 Å². The topological polar surface area (TPSA) is 18.5 Å². The van der Waals surface area contributed by atoms with E-state index >= 15 is 4.39 Å². The first-order chi connectivity index (χ1) is 13.5. The van der Waals surface area contributed by atoms with Crippen molar-refractivity contribution in [2.24, 2.45) is 11.8 Å². The molecule has 1 aliphatic carbocycles. The number of benzene rings is 2. The van der Waals surface area contributed by atoms with Crippen molar-refractivity contribution in [3.8, 4) is 11.5 Å². The van der Waals surface area contributed by atoms with Crippen LogP contribution in [0, 0.1) is 23.5 Å². The third-order valence-electron chi connectivity index (χ3n) is 5.15. The van der Waals surface area contributed by atoms with Gasteiger partial charge in [0.1, 0.15) is 0 Å². The van der Waals surface area contributed by atoms with Crippen LogP contribution in [-0.4, -0.2) is 13.2 Å². The van der Waals surface area contributed by atoms with Gasteiger partial charge in [-0.25, -0.2) is 8.78 Å². The first-order valence-electron chi connectivity index (χ1n) is 9.78. The van der Waals surface area contributed by atoms with Gasteiger partial charge in [-0.2, -0.15) is 0 Å². The average Bonchev–Trinajstić information content (AvgIpc) is 3.31. The Bertz CT molecular complexity index is 1010. The highest BCUT2D eigenvalue weighted by Gasteiger charge is 2.19. The lowest BCUT2D eigenvalue weighted by atomic mass is 10.1. The van der Waals surface area contributed by atoms with Crippen LogP contribution in [0.3, 0.4) is 0 Å². The maximum Gasteiger partial charge on any atom is 0.182 e. The molecule has 1 aromatic heterocycles. The third kappa shape index (κ3) is 3.72. The fourth-order valence-corrected chi connectivity index (χ4v) is 4.61. The Labute approximate surface area is 167 Å². The SMILES string of the molecule is CC(C)CCOc1ccc2c(sc3c(F)c(OCC4CC=CC4)ccc32)c1F. The molecular formula is C23H24F2O2S. The van der Waals surface area contributed by atoms with Crippen LogP contribution in [0.5, 0.6) is 11.5 Å². The molecule has 0 unspecified atom stereocenters. The summed E-state index contributed by atoms with van der Waals surface area (Å²) in [6, 6.07) is 6.92. The summed E-state index contributed by atoms with van der Waals surface area (Å²) in [7, 11) is 0. The Hall–Kier alpha value is -2.14. The second-order valence-electron chi connectivity index (χ2n) is 7.76. The molecule has 0 spiro atoms. The number of ether oxygens (including phenoxy) is 2. The van der Waals surface area contributed by atoms with Crippen molar-refractivity contribution in [3.05, 3.63) is 48.1 Å². The van der Waals surface area contributed by atoms with Gasteiger partial charge < -0.3 is 9.47 Å². The maximum atomic E-state index is 15.0. The molecule has 148 valence electrons.